The summed E-state index contributed by atoms with van der Waals surface area (Å²) in [6.07, 6.45) is 0. The molecule has 6 rings (SSSR count). The first-order valence-electron chi connectivity index (χ1n) is 11.3. The van der Waals surface area contributed by atoms with Gasteiger partial charge in [-0.25, -0.2) is 0 Å². The molecule has 0 atom stereocenters. The van der Waals surface area contributed by atoms with Crippen LogP contribution in [0.25, 0.3) is 22.2 Å². The Kier molecular flexibility index (Phi) is 4.69. The van der Waals surface area contributed by atoms with Gasteiger partial charge in [-0.1, -0.05) is 78.0 Å². The van der Waals surface area contributed by atoms with Crippen molar-refractivity contribution in [1.29, 1.82) is 0 Å². The summed E-state index contributed by atoms with van der Waals surface area (Å²) in [4.78, 5) is 15.9. The van der Waals surface area contributed by atoms with E-state index in [2.05, 4.69) is 40.5 Å². The zero-order valence-electron chi connectivity index (χ0n) is 19.0. The van der Waals surface area contributed by atoms with Gasteiger partial charge in [-0.2, -0.15) is 0 Å². The summed E-state index contributed by atoms with van der Waals surface area (Å²) < 4.78 is 5.88. The van der Waals surface area contributed by atoms with Crippen molar-refractivity contribution in [3.05, 3.63) is 107 Å². The highest BCUT2D eigenvalue weighted by Gasteiger charge is 2.33. The van der Waals surface area contributed by atoms with Crippen LogP contribution in [0.1, 0.15) is 27.0 Å². The van der Waals surface area contributed by atoms with E-state index in [0.29, 0.717) is 28.9 Å². The van der Waals surface area contributed by atoms with E-state index in [-0.39, 0.29) is 5.78 Å². The Morgan fingerprint density at radius 3 is 2.38 bits per heavy atom. The lowest BCUT2D eigenvalue weighted by Gasteiger charge is -2.24. The maximum absolute atomic E-state index is 13.7. The van der Waals surface area contributed by atoms with Gasteiger partial charge in [-0.15, -0.1) is 0 Å². The molecule has 166 valence electrons. The van der Waals surface area contributed by atoms with Crippen LogP contribution in [0.15, 0.2) is 89.5 Å². The third kappa shape index (κ3) is 3.17. The second kappa shape index (κ2) is 7.89. The van der Waals surface area contributed by atoms with Gasteiger partial charge in [0.2, 0.25) is 0 Å². The van der Waals surface area contributed by atoms with Crippen LogP contribution in [-0.2, 0) is 6.54 Å². The molecule has 1 aliphatic carbocycles. The van der Waals surface area contributed by atoms with Gasteiger partial charge in [0.05, 0.1) is 22.3 Å². The number of anilines is 3. The average Bonchev–Trinajstić information content (AvgIpc) is 3.30. The maximum Gasteiger partial charge on any atom is 0.196 e. The molecule has 0 bridgehead atoms. The molecular formula is C29H23N3O2. The van der Waals surface area contributed by atoms with Crippen LogP contribution in [0.3, 0.4) is 0 Å². The maximum atomic E-state index is 13.7. The van der Waals surface area contributed by atoms with E-state index >= 15 is 0 Å². The molecule has 1 N–H and O–H groups in total. The first-order chi connectivity index (χ1) is 16.6. The summed E-state index contributed by atoms with van der Waals surface area (Å²) in [5.41, 5.74) is 7.61. The number of fused-ring (bicyclic) bond motifs is 2. The zero-order valence-corrected chi connectivity index (χ0v) is 19.0. The number of carbonyl (C=O) groups excluding carboxylic acids is 1. The number of aryl methyl sites for hydroxylation is 1. The summed E-state index contributed by atoms with van der Waals surface area (Å²) >= 11 is 0. The Labute approximate surface area is 197 Å². The number of rotatable bonds is 5. The fourth-order valence-corrected chi connectivity index (χ4v) is 4.73. The van der Waals surface area contributed by atoms with Crippen molar-refractivity contribution in [2.75, 3.05) is 17.3 Å². The van der Waals surface area contributed by atoms with Crippen molar-refractivity contribution in [1.82, 2.24) is 5.16 Å². The predicted molar refractivity (Wildman–Crippen MR) is 136 cm³/mol. The monoisotopic (exact) mass is 445 g/mol. The molecule has 0 spiro atoms. The van der Waals surface area contributed by atoms with E-state index in [1.165, 1.54) is 5.56 Å². The van der Waals surface area contributed by atoms with Gasteiger partial charge >= 0.3 is 0 Å². The average molecular weight is 446 g/mol. The summed E-state index contributed by atoms with van der Waals surface area (Å²) in [5, 5.41) is 8.75. The van der Waals surface area contributed by atoms with E-state index in [4.69, 9.17) is 4.52 Å². The minimum absolute atomic E-state index is 0.0235. The van der Waals surface area contributed by atoms with Crippen LogP contribution in [0, 0.1) is 6.92 Å². The molecule has 5 nitrogen and oxygen atoms in total. The Bertz CT molecular complexity index is 1550. The van der Waals surface area contributed by atoms with Crippen molar-refractivity contribution in [3.8, 4) is 11.3 Å². The highest BCUT2D eigenvalue weighted by atomic mass is 16.5. The molecule has 4 aromatic carbocycles. The minimum atomic E-state index is -0.0235. The largest absolute Gasteiger partial charge is 0.368 e. The standard InChI is InChI=1S/C29H23N3O2/c1-18-10-6-9-15-22(18)30-23-16-24(32(2)17-19-11-4-3-5-12-19)27-26-25(23)28(33)20-13-7-8-14-21(20)29(26)34-31-27/h3-16,30H,17H2,1-2H3. The first-order valence-corrected chi connectivity index (χ1v) is 11.3. The van der Waals surface area contributed by atoms with Crippen molar-refractivity contribution in [3.63, 3.8) is 0 Å². The summed E-state index contributed by atoms with van der Waals surface area (Å²) in [7, 11) is 2.04. The van der Waals surface area contributed by atoms with Crippen LogP contribution in [-0.4, -0.2) is 18.0 Å². The third-order valence-electron chi connectivity index (χ3n) is 6.47. The Morgan fingerprint density at radius 2 is 1.59 bits per heavy atom. The summed E-state index contributed by atoms with van der Waals surface area (Å²) in [6, 6.07) is 28.0. The number of aromatic nitrogens is 1. The molecule has 0 saturated carbocycles. The second-order valence-electron chi connectivity index (χ2n) is 8.71. The van der Waals surface area contributed by atoms with Crippen LogP contribution >= 0.6 is 0 Å². The smallest absolute Gasteiger partial charge is 0.196 e. The Hall–Kier alpha value is -4.38. The quantitative estimate of drug-likeness (QED) is 0.319. The molecule has 0 saturated heterocycles. The van der Waals surface area contributed by atoms with Gasteiger partial charge in [0.15, 0.2) is 11.5 Å². The molecule has 0 amide bonds. The van der Waals surface area contributed by atoms with Gasteiger partial charge in [-0.3, -0.25) is 4.79 Å². The molecular weight excluding hydrogens is 422 g/mol. The number of nitrogens with zero attached hydrogens (tertiary/aromatic N) is 2. The highest BCUT2D eigenvalue weighted by Crippen LogP contribution is 2.46. The van der Waals surface area contributed by atoms with Gasteiger partial charge in [0.25, 0.3) is 0 Å². The molecule has 1 aromatic heterocycles. The molecule has 0 aliphatic heterocycles. The van der Waals surface area contributed by atoms with Gasteiger partial charge in [0, 0.05) is 30.4 Å². The van der Waals surface area contributed by atoms with Gasteiger partial charge in [-0.05, 0) is 30.2 Å². The normalized spacial score (nSPS) is 12.0. The molecule has 0 fully saturated rings. The van der Waals surface area contributed by atoms with Gasteiger partial charge in [0.1, 0.15) is 5.52 Å². The summed E-state index contributed by atoms with van der Waals surface area (Å²) in [6.45, 7) is 2.75. The zero-order chi connectivity index (χ0) is 23.2. The number of benzene rings is 4. The number of nitrogens with one attached hydrogen (secondary N) is 1. The molecule has 5 heteroatoms. The van der Waals surface area contributed by atoms with Gasteiger partial charge < -0.3 is 14.7 Å². The Balaban J connectivity index is 1.58. The van der Waals surface area contributed by atoms with E-state index < -0.39 is 0 Å². The number of para-hydroxylation sites is 1. The lowest BCUT2D eigenvalue weighted by molar-refractivity contribution is 0.104. The van der Waals surface area contributed by atoms with Crippen molar-refractivity contribution >= 4 is 33.7 Å². The SMILES string of the molecule is Cc1ccccc1Nc1cc(N(C)Cc2ccccc2)c2noc3c2c1C(=O)c1ccccc1-3. The predicted octanol–water partition coefficient (Wildman–Crippen LogP) is 6.73. The molecule has 34 heavy (non-hydrogen) atoms. The van der Waals surface area contributed by atoms with E-state index in [1.807, 2.05) is 73.8 Å². The third-order valence-corrected chi connectivity index (χ3v) is 6.47. The molecule has 5 aromatic rings. The number of ketones is 1. The fraction of sp³-hybridized carbons (Fsp3) is 0.103. The van der Waals surface area contributed by atoms with Crippen LogP contribution in [0.4, 0.5) is 17.1 Å². The van der Waals surface area contributed by atoms with Crippen molar-refractivity contribution in [2.24, 2.45) is 0 Å². The van der Waals surface area contributed by atoms with Crippen molar-refractivity contribution < 1.29 is 9.32 Å². The second-order valence-corrected chi connectivity index (χ2v) is 8.71. The molecule has 0 unspecified atom stereocenters. The van der Waals surface area contributed by atoms with Crippen LogP contribution in [0.2, 0.25) is 0 Å². The van der Waals surface area contributed by atoms with Crippen LogP contribution in [0.5, 0.6) is 0 Å². The van der Waals surface area contributed by atoms with Crippen LogP contribution < -0.4 is 10.2 Å². The number of hydrogen-bond donors (Lipinski definition) is 1. The lowest BCUT2D eigenvalue weighted by Crippen LogP contribution is -2.18. The fourth-order valence-electron chi connectivity index (χ4n) is 4.73. The molecule has 1 aliphatic rings. The van der Waals surface area contributed by atoms with Crippen molar-refractivity contribution in [2.45, 2.75) is 13.5 Å². The molecule has 1 heterocycles. The molecule has 0 radical (unpaired) electrons. The summed E-state index contributed by atoms with van der Waals surface area (Å²) in [5.74, 6) is 0.618. The van der Waals surface area contributed by atoms with E-state index in [1.54, 1.807) is 0 Å². The Morgan fingerprint density at radius 1 is 0.882 bits per heavy atom. The minimum Gasteiger partial charge on any atom is -0.368 e. The topological polar surface area (TPSA) is 58.4 Å². The van der Waals surface area contributed by atoms with E-state index in [0.717, 1.165) is 33.6 Å². The first kappa shape index (κ1) is 20.2. The highest BCUT2D eigenvalue weighted by molar-refractivity contribution is 6.28. The number of carbonyl (C=O) groups is 1. The van der Waals surface area contributed by atoms with E-state index in [9.17, 15) is 4.79 Å². The lowest BCUT2D eigenvalue weighted by atomic mass is 9.86. The number of hydrogen-bond acceptors (Lipinski definition) is 5.